The molecule has 0 radical (unpaired) electrons. The second-order valence-corrected chi connectivity index (χ2v) is 10.7. The number of likely N-dealkylation sites (tertiary alicyclic amines) is 1. The number of amides is 3. The van der Waals surface area contributed by atoms with E-state index in [1.165, 1.54) is 4.90 Å². The first-order chi connectivity index (χ1) is 18.6. The van der Waals surface area contributed by atoms with E-state index >= 15 is 0 Å². The van der Waals surface area contributed by atoms with Crippen LogP contribution in [0.3, 0.4) is 0 Å². The second-order valence-electron chi connectivity index (χ2n) is 10.7. The summed E-state index contributed by atoms with van der Waals surface area (Å²) in [6.07, 6.45) is 5.02. The van der Waals surface area contributed by atoms with Crippen LogP contribution in [0.15, 0.2) is 30.5 Å². The van der Waals surface area contributed by atoms with Gasteiger partial charge in [-0.3, -0.25) is 14.4 Å². The Balaban J connectivity index is 1.71. The number of nitrogens with one attached hydrogen (secondary N) is 3. The number of unbranched alkanes of at least 4 members (excludes halogenated alkanes) is 1. The normalized spacial score (nSPS) is 17.7. The van der Waals surface area contributed by atoms with Crippen molar-refractivity contribution in [1.29, 1.82) is 0 Å². The Bertz CT molecular complexity index is 1150. The number of para-hydroxylation sites is 1. The molecular formula is C28H42N6O5. The van der Waals surface area contributed by atoms with Gasteiger partial charge in [-0.05, 0) is 62.6 Å². The molecule has 1 aromatic carbocycles. The second kappa shape index (κ2) is 14.1. The van der Waals surface area contributed by atoms with Crippen molar-refractivity contribution in [3.8, 4) is 0 Å². The number of nitrogens with two attached hydrogens (primary N) is 2. The van der Waals surface area contributed by atoms with Gasteiger partial charge in [0.15, 0.2) is 0 Å². The number of fused-ring (bicyclic) bond motifs is 1. The molecule has 4 atom stereocenters. The molecule has 0 bridgehead atoms. The minimum Gasteiger partial charge on any atom is -0.480 e. The van der Waals surface area contributed by atoms with Crippen LogP contribution < -0.4 is 22.1 Å². The number of carboxylic acids is 1. The third-order valence-corrected chi connectivity index (χ3v) is 7.18. The number of rotatable bonds is 14. The number of benzene rings is 1. The fraction of sp³-hybridized carbons (Fsp3) is 0.571. The average molecular weight is 543 g/mol. The van der Waals surface area contributed by atoms with Crippen LogP contribution in [-0.4, -0.2) is 75.9 Å². The summed E-state index contributed by atoms with van der Waals surface area (Å²) < 4.78 is 0. The smallest absolute Gasteiger partial charge is 0.326 e. The highest BCUT2D eigenvalue weighted by molar-refractivity contribution is 5.94. The molecule has 1 aliphatic rings. The minimum absolute atomic E-state index is 0.0945. The third kappa shape index (κ3) is 8.03. The fourth-order valence-electron chi connectivity index (χ4n) is 5.14. The van der Waals surface area contributed by atoms with Crippen LogP contribution in [0.2, 0.25) is 0 Å². The van der Waals surface area contributed by atoms with Gasteiger partial charge < -0.3 is 37.1 Å². The summed E-state index contributed by atoms with van der Waals surface area (Å²) in [5.74, 6) is -2.22. The largest absolute Gasteiger partial charge is 0.480 e. The van der Waals surface area contributed by atoms with Crippen molar-refractivity contribution in [2.24, 2.45) is 17.4 Å². The van der Waals surface area contributed by atoms with Crippen molar-refractivity contribution in [2.45, 2.75) is 83.0 Å². The van der Waals surface area contributed by atoms with Crippen molar-refractivity contribution < 1.29 is 24.3 Å². The molecule has 11 nitrogen and oxygen atoms in total. The molecule has 0 aliphatic carbocycles. The predicted octanol–water partition coefficient (Wildman–Crippen LogP) is 1.26. The highest BCUT2D eigenvalue weighted by Gasteiger charge is 2.39. The fourth-order valence-corrected chi connectivity index (χ4v) is 5.14. The van der Waals surface area contributed by atoms with Crippen molar-refractivity contribution in [3.05, 3.63) is 36.0 Å². The summed E-state index contributed by atoms with van der Waals surface area (Å²) >= 11 is 0. The number of nitrogens with zero attached hydrogens (tertiary/aromatic N) is 1. The number of aromatic nitrogens is 1. The summed E-state index contributed by atoms with van der Waals surface area (Å²) in [5.41, 5.74) is 13.3. The molecule has 4 unspecified atom stereocenters. The first-order valence-corrected chi connectivity index (χ1v) is 13.8. The predicted molar refractivity (Wildman–Crippen MR) is 149 cm³/mol. The highest BCUT2D eigenvalue weighted by atomic mass is 16.4. The Morgan fingerprint density at radius 1 is 1.13 bits per heavy atom. The van der Waals surface area contributed by atoms with Gasteiger partial charge in [0.2, 0.25) is 17.7 Å². The van der Waals surface area contributed by atoms with Crippen LogP contribution >= 0.6 is 0 Å². The lowest BCUT2D eigenvalue weighted by molar-refractivity contribution is -0.145. The van der Waals surface area contributed by atoms with Crippen LogP contribution in [0, 0.1) is 5.92 Å². The van der Waals surface area contributed by atoms with Crippen molar-refractivity contribution in [3.63, 3.8) is 0 Å². The molecule has 2 aromatic rings. The molecule has 39 heavy (non-hydrogen) atoms. The van der Waals surface area contributed by atoms with Crippen molar-refractivity contribution in [1.82, 2.24) is 20.5 Å². The first kappa shape index (κ1) is 30.1. The van der Waals surface area contributed by atoms with Gasteiger partial charge in [0, 0.05) is 30.1 Å². The van der Waals surface area contributed by atoms with Gasteiger partial charge in [0.1, 0.15) is 18.1 Å². The zero-order valence-electron chi connectivity index (χ0n) is 22.8. The van der Waals surface area contributed by atoms with Crippen LogP contribution in [0.5, 0.6) is 0 Å². The van der Waals surface area contributed by atoms with Gasteiger partial charge >= 0.3 is 5.97 Å². The van der Waals surface area contributed by atoms with E-state index in [-0.39, 0.29) is 18.2 Å². The average Bonchev–Trinajstić information content (AvgIpc) is 3.54. The lowest BCUT2D eigenvalue weighted by Gasteiger charge is -2.30. The Labute approximate surface area is 229 Å². The molecule has 1 fully saturated rings. The van der Waals surface area contributed by atoms with Gasteiger partial charge in [-0.1, -0.05) is 32.0 Å². The molecule has 1 aliphatic heterocycles. The number of aliphatic carboxylic acids is 1. The van der Waals surface area contributed by atoms with Crippen LogP contribution in [0.4, 0.5) is 0 Å². The summed E-state index contributed by atoms with van der Waals surface area (Å²) in [7, 11) is 0. The van der Waals surface area contributed by atoms with Crippen LogP contribution in [0.25, 0.3) is 10.9 Å². The molecule has 0 spiro atoms. The van der Waals surface area contributed by atoms with Crippen LogP contribution in [0.1, 0.15) is 57.9 Å². The number of carboxylic acid groups (broad SMARTS) is 1. The molecule has 1 aromatic heterocycles. The number of hydrogen-bond acceptors (Lipinski definition) is 6. The topological polar surface area (TPSA) is 184 Å². The van der Waals surface area contributed by atoms with Crippen LogP contribution in [-0.2, 0) is 25.6 Å². The lowest BCUT2D eigenvalue weighted by Crippen LogP contribution is -2.57. The molecule has 214 valence electrons. The van der Waals surface area contributed by atoms with Gasteiger partial charge in [0.05, 0.1) is 6.04 Å². The first-order valence-electron chi connectivity index (χ1n) is 13.8. The standard InChI is InChI=1S/C28H42N6O5/c1-17(2)14-20(30)25(35)32-22(10-5-6-12-29)27(37)34-13-7-11-24(34)26(36)33-23(28(38)39)15-18-16-31-21-9-4-3-8-19(18)21/h3-4,8-9,16-17,20,22-24,31H,5-7,10-15,29-30H2,1-2H3,(H,32,35)(H,33,36)(H,38,39). The maximum absolute atomic E-state index is 13.6. The van der Waals surface area contributed by atoms with E-state index in [0.29, 0.717) is 51.6 Å². The molecule has 2 heterocycles. The monoisotopic (exact) mass is 542 g/mol. The molecule has 1 saturated heterocycles. The molecule has 3 amide bonds. The van der Waals surface area contributed by atoms with Crippen molar-refractivity contribution >= 4 is 34.6 Å². The Morgan fingerprint density at radius 3 is 2.56 bits per heavy atom. The molecule has 0 saturated carbocycles. The number of H-pyrrole nitrogens is 1. The summed E-state index contributed by atoms with van der Waals surface area (Å²) in [4.78, 5) is 56.3. The van der Waals surface area contributed by atoms with Gasteiger partial charge in [0.25, 0.3) is 0 Å². The number of carbonyl (C=O) groups excluding carboxylic acids is 3. The molecule has 11 heteroatoms. The number of aromatic amines is 1. The van der Waals surface area contributed by atoms with Gasteiger partial charge in [-0.15, -0.1) is 0 Å². The van der Waals surface area contributed by atoms with E-state index in [0.717, 1.165) is 16.5 Å². The summed E-state index contributed by atoms with van der Waals surface area (Å²) in [5, 5.41) is 16.2. The SMILES string of the molecule is CC(C)CC(N)C(=O)NC(CCCCN)C(=O)N1CCCC1C(=O)NC(Cc1c[nH]c2ccccc12)C(=O)O. The lowest BCUT2D eigenvalue weighted by atomic mass is 10.0. The van der Waals surface area contributed by atoms with Gasteiger partial charge in [-0.25, -0.2) is 4.79 Å². The van der Waals surface area contributed by atoms with E-state index in [4.69, 9.17) is 11.5 Å². The van der Waals surface area contributed by atoms with E-state index in [2.05, 4.69) is 15.6 Å². The zero-order valence-corrected chi connectivity index (χ0v) is 22.8. The van der Waals surface area contributed by atoms with Gasteiger partial charge in [-0.2, -0.15) is 0 Å². The maximum Gasteiger partial charge on any atom is 0.326 e. The maximum atomic E-state index is 13.6. The van der Waals surface area contributed by atoms with E-state index in [1.54, 1.807) is 6.20 Å². The minimum atomic E-state index is -1.16. The number of carbonyl (C=O) groups is 4. The Hall–Kier alpha value is -3.44. The zero-order chi connectivity index (χ0) is 28.5. The third-order valence-electron chi connectivity index (χ3n) is 7.18. The number of hydrogen-bond donors (Lipinski definition) is 6. The Kier molecular flexibility index (Phi) is 10.9. The summed E-state index contributed by atoms with van der Waals surface area (Å²) in [6, 6.07) is 3.98. The molecular weight excluding hydrogens is 500 g/mol. The van der Waals surface area contributed by atoms with E-state index in [1.807, 2.05) is 38.1 Å². The molecule has 8 N–H and O–H groups in total. The summed E-state index contributed by atoms with van der Waals surface area (Å²) in [6.45, 7) is 4.74. The van der Waals surface area contributed by atoms with E-state index < -0.39 is 42.0 Å². The molecule has 3 rings (SSSR count). The highest BCUT2D eigenvalue weighted by Crippen LogP contribution is 2.22. The van der Waals surface area contributed by atoms with E-state index in [9.17, 15) is 24.3 Å². The quantitative estimate of drug-likeness (QED) is 0.194. The Morgan fingerprint density at radius 2 is 1.87 bits per heavy atom. The van der Waals surface area contributed by atoms with Crippen molar-refractivity contribution in [2.75, 3.05) is 13.1 Å².